The smallest absolute Gasteiger partial charge is 0.251 e. The SMILES string of the molecule is C=C(C)C(=O)Nc1ccc(-c2c(-c3ccc(C(=O)NC)c(COC)c3)c3c(N)ncnc3n2C)cc1. The van der Waals surface area contributed by atoms with Gasteiger partial charge in [-0.3, -0.25) is 9.59 Å². The standard InChI is InChI=1S/C27H28N6O3/c1-15(2)26(34)32-19-9-6-16(7-10-19)23-21(22-24(28)30-14-31-25(22)33(23)4)17-8-11-20(27(35)29-3)18(12-17)13-36-5/h6-12,14H,1,13H2,2-5H3,(H,29,35)(H,32,34)(H2,28,30,31). The molecule has 0 unspecified atom stereocenters. The first-order valence-electron chi connectivity index (χ1n) is 11.3. The molecule has 0 saturated heterocycles. The van der Waals surface area contributed by atoms with Crippen molar-refractivity contribution in [2.75, 3.05) is 25.2 Å². The van der Waals surface area contributed by atoms with E-state index in [1.165, 1.54) is 6.33 Å². The van der Waals surface area contributed by atoms with E-state index in [0.29, 0.717) is 33.7 Å². The molecule has 0 saturated carbocycles. The highest BCUT2D eigenvalue weighted by Gasteiger charge is 2.23. The molecule has 9 heteroatoms. The normalized spacial score (nSPS) is 10.9. The first-order chi connectivity index (χ1) is 17.3. The number of nitrogens with one attached hydrogen (secondary N) is 2. The van der Waals surface area contributed by atoms with Gasteiger partial charge < -0.3 is 25.7 Å². The predicted molar refractivity (Wildman–Crippen MR) is 141 cm³/mol. The zero-order valence-electron chi connectivity index (χ0n) is 20.7. The van der Waals surface area contributed by atoms with E-state index >= 15 is 0 Å². The minimum Gasteiger partial charge on any atom is -0.383 e. The molecule has 0 fully saturated rings. The third kappa shape index (κ3) is 4.44. The second-order valence-electron chi connectivity index (χ2n) is 8.44. The molecule has 0 aliphatic carbocycles. The van der Waals surface area contributed by atoms with Gasteiger partial charge in [0.2, 0.25) is 0 Å². The van der Waals surface area contributed by atoms with Crippen LogP contribution in [-0.4, -0.2) is 40.5 Å². The number of anilines is 2. The van der Waals surface area contributed by atoms with Gasteiger partial charge >= 0.3 is 0 Å². The zero-order valence-corrected chi connectivity index (χ0v) is 20.7. The summed E-state index contributed by atoms with van der Waals surface area (Å²) >= 11 is 0. The van der Waals surface area contributed by atoms with Crippen molar-refractivity contribution >= 4 is 34.4 Å². The van der Waals surface area contributed by atoms with Crippen molar-refractivity contribution < 1.29 is 14.3 Å². The van der Waals surface area contributed by atoms with Gasteiger partial charge in [-0.2, -0.15) is 0 Å². The lowest BCUT2D eigenvalue weighted by molar-refractivity contribution is -0.112. The van der Waals surface area contributed by atoms with Crippen molar-refractivity contribution in [3.63, 3.8) is 0 Å². The summed E-state index contributed by atoms with van der Waals surface area (Å²) in [7, 11) is 5.10. The van der Waals surface area contributed by atoms with E-state index in [1.807, 2.05) is 48.0 Å². The summed E-state index contributed by atoms with van der Waals surface area (Å²) in [5, 5.41) is 6.21. The van der Waals surface area contributed by atoms with Gasteiger partial charge in [-0.1, -0.05) is 24.8 Å². The summed E-state index contributed by atoms with van der Waals surface area (Å²) in [4.78, 5) is 33.2. The van der Waals surface area contributed by atoms with E-state index < -0.39 is 0 Å². The van der Waals surface area contributed by atoms with Crippen LogP contribution in [0.5, 0.6) is 0 Å². The Morgan fingerprint density at radius 3 is 2.44 bits per heavy atom. The van der Waals surface area contributed by atoms with E-state index in [2.05, 4.69) is 27.2 Å². The van der Waals surface area contributed by atoms with Crippen molar-refractivity contribution in [3.8, 4) is 22.4 Å². The van der Waals surface area contributed by atoms with Crippen molar-refractivity contribution in [2.45, 2.75) is 13.5 Å². The third-order valence-corrected chi connectivity index (χ3v) is 5.97. The number of nitrogens with two attached hydrogens (primary N) is 1. The molecular formula is C27H28N6O3. The summed E-state index contributed by atoms with van der Waals surface area (Å²) in [6, 6.07) is 13.1. The molecule has 4 aromatic rings. The lowest BCUT2D eigenvalue weighted by Crippen LogP contribution is -2.19. The molecule has 184 valence electrons. The highest BCUT2D eigenvalue weighted by Crippen LogP contribution is 2.42. The molecule has 36 heavy (non-hydrogen) atoms. The second kappa shape index (κ2) is 10.0. The fraction of sp³-hybridized carbons (Fsp3) is 0.185. The van der Waals surface area contributed by atoms with Gasteiger partial charge in [0.1, 0.15) is 17.8 Å². The van der Waals surface area contributed by atoms with Crippen molar-refractivity contribution in [3.05, 3.63) is 72.1 Å². The molecule has 0 radical (unpaired) electrons. The molecule has 0 bridgehead atoms. The van der Waals surface area contributed by atoms with Crippen LogP contribution in [0.4, 0.5) is 11.5 Å². The van der Waals surface area contributed by atoms with E-state index in [4.69, 9.17) is 10.5 Å². The van der Waals surface area contributed by atoms with E-state index in [0.717, 1.165) is 27.9 Å². The van der Waals surface area contributed by atoms with Gasteiger partial charge in [-0.25, -0.2) is 9.97 Å². The van der Waals surface area contributed by atoms with Crippen LogP contribution in [0.2, 0.25) is 0 Å². The molecule has 2 aromatic carbocycles. The highest BCUT2D eigenvalue weighted by atomic mass is 16.5. The molecule has 0 atom stereocenters. The molecule has 4 rings (SSSR count). The van der Waals surface area contributed by atoms with Crippen molar-refractivity contribution in [1.29, 1.82) is 0 Å². The maximum absolute atomic E-state index is 12.4. The Morgan fingerprint density at radius 1 is 1.11 bits per heavy atom. The van der Waals surface area contributed by atoms with E-state index in [1.54, 1.807) is 27.1 Å². The second-order valence-corrected chi connectivity index (χ2v) is 8.44. The largest absolute Gasteiger partial charge is 0.383 e. The maximum atomic E-state index is 12.4. The number of fused-ring (bicyclic) bond motifs is 1. The number of aromatic nitrogens is 3. The van der Waals surface area contributed by atoms with Crippen LogP contribution in [0.25, 0.3) is 33.4 Å². The molecule has 2 aromatic heterocycles. The summed E-state index contributed by atoms with van der Waals surface area (Å²) in [5.41, 5.74) is 12.8. The Bertz CT molecular complexity index is 1490. The predicted octanol–water partition coefficient (Wildman–Crippen LogP) is 3.91. The van der Waals surface area contributed by atoms with Gasteiger partial charge in [-0.15, -0.1) is 0 Å². The summed E-state index contributed by atoms with van der Waals surface area (Å²) in [6.45, 7) is 5.59. The number of nitrogen functional groups attached to an aromatic ring is 1. The Morgan fingerprint density at radius 2 is 1.81 bits per heavy atom. The number of carbonyl (C=O) groups is 2. The molecular weight excluding hydrogens is 456 g/mol. The Hall–Kier alpha value is -4.50. The number of aryl methyl sites for hydroxylation is 1. The van der Waals surface area contributed by atoms with Crippen LogP contribution in [0.15, 0.2) is 60.9 Å². The maximum Gasteiger partial charge on any atom is 0.251 e. The van der Waals surface area contributed by atoms with Crippen LogP contribution in [0, 0.1) is 0 Å². The fourth-order valence-electron chi connectivity index (χ4n) is 4.22. The lowest BCUT2D eigenvalue weighted by atomic mass is 9.95. The zero-order chi connectivity index (χ0) is 26.0. The topological polar surface area (TPSA) is 124 Å². The Labute approximate surface area is 209 Å². The number of methoxy groups -OCH3 is 1. The van der Waals surface area contributed by atoms with Gasteiger partial charge in [0, 0.05) is 43.6 Å². The van der Waals surface area contributed by atoms with Gasteiger partial charge in [0.05, 0.1) is 17.7 Å². The van der Waals surface area contributed by atoms with Crippen LogP contribution in [-0.2, 0) is 23.2 Å². The Balaban J connectivity index is 1.93. The number of rotatable bonds is 7. The van der Waals surface area contributed by atoms with Crippen LogP contribution in [0.1, 0.15) is 22.8 Å². The Kier molecular flexibility index (Phi) is 6.84. The average molecular weight is 485 g/mol. The fourth-order valence-corrected chi connectivity index (χ4v) is 4.22. The molecule has 9 nitrogen and oxygen atoms in total. The molecule has 2 amide bonds. The summed E-state index contributed by atoms with van der Waals surface area (Å²) in [6.07, 6.45) is 1.44. The third-order valence-electron chi connectivity index (χ3n) is 5.97. The van der Waals surface area contributed by atoms with Crippen LogP contribution < -0.4 is 16.4 Å². The van der Waals surface area contributed by atoms with Crippen molar-refractivity contribution in [1.82, 2.24) is 19.9 Å². The molecule has 0 aliphatic rings. The van der Waals surface area contributed by atoms with Crippen LogP contribution in [0.3, 0.4) is 0 Å². The van der Waals surface area contributed by atoms with E-state index in [9.17, 15) is 9.59 Å². The number of hydrogen-bond donors (Lipinski definition) is 3. The number of amides is 2. The molecule has 2 heterocycles. The number of benzene rings is 2. The van der Waals surface area contributed by atoms with E-state index in [-0.39, 0.29) is 18.4 Å². The average Bonchev–Trinajstić information content (AvgIpc) is 3.17. The summed E-state index contributed by atoms with van der Waals surface area (Å²) < 4.78 is 7.34. The monoisotopic (exact) mass is 484 g/mol. The first-order valence-corrected chi connectivity index (χ1v) is 11.3. The first kappa shape index (κ1) is 24.6. The van der Waals surface area contributed by atoms with Gasteiger partial charge in [0.15, 0.2) is 0 Å². The number of ether oxygens (including phenoxy) is 1. The number of nitrogens with zero attached hydrogens (tertiary/aromatic N) is 3. The quantitative estimate of drug-likeness (QED) is 0.342. The number of hydrogen-bond acceptors (Lipinski definition) is 6. The van der Waals surface area contributed by atoms with Crippen LogP contribution >= 0.6 is 0 Å². The minimum atomic E-state index is -0.238. The van der Waals surface area contributed by atoms with Crippen molar-refractivity contribution in [2.24, 2.45) is 7.05 Å². The minimum absolute atomic E-state index is 0.193. The molecule has 0 aliphatic heterocycles. The van der Waals surface area contributed by atoms with Gasteiger partial charge in [-0.05, 0) is 47.9 Å². The van der Waals surface area contributed by atoms with Gasteiger partial charge in [0.25, 0.3) is 11.8 Å². The lowest BCUT2D eigenvalue weighted by Gasteiger charge is -2.13. The molecule has 4 N–H and O–H groups in total. The molecule has 0 spiro atoms. The highest BCUT2D eigenvalue weighted by molar-refractivity contribution is 6.08. The number of carbonyl (C=O) groups excluding carboxylic acids is 2. The summed E-state index contributed by atoms with van der Waals surface area (Å²) in [5.74, 6) is -0.0779.